The second-order valence-electron chi connectivity index (χ2n) is 3.45. The van der Waals surface area contributed by atoms with Crippen LogP contribution in [-0.4, -0.2) is 18.6 Å². The van der Waals surface area contributed by atoms with Gasteiger partial charge in [0.1, 0.15) is 6.04 Å². The molecular formula is C11H13NO2S. The number of carbonyl (C=O) groups excluding carboxylic acids is 1. The van der Waals surface area contributed by atoms with E-state index in [-0.39, 0.29) is 12.0 Å². The number of hydrogen-bond donors (Lipinski definition) is 1. The molecule has 0 spiro atoms. The molecule has 1 heterocycles. The van der Waals surface area contributed by atoms with Crippen molar-refractivity contribution in [2.24, 2.45) is 0 Å². The predicted octanol–water partition coefficient (Wildman–Crippen LogP) is 1.99. The van der Waals surface area contributed by atoms with Crippen molar-refractivity contribution in [2.45, 2.75) is 23.8 Å². The lowest BCUT2D eigenvalue weighted by Gasteiger charge is -2.08. The molecule has 1 aromatic carbocycles. The third kappa shape index (κ3) is 2.97. The van der Waals surface area contributed by atoms with Gasteiger partial charge in [-0.25, -0.2) is 4.79 Å². The van der Waals surface area contributed by atoms with E-state index in [1.807, 2.05) is 30.3 Å². The molecule has 0 aliphatic carbocycles. The topological polar surface area (TPSA) is 38.3 Å². The number of benzene rings is 1. The highest BCUT2D eigenvalue weighted by Gasteiger charge is 2.23. The van der Waals surface area contributed by atoms with Gasteiger partial charge in [-0.15, -0.1) is 0 Å². The summed E-state index contributed by atoms with van der Waals surface area (Å²) in [5.74, 6) is -0.165. The third-order valence-corrected chi connectivity index (χ3v) is 3.02. The molecule has 1 aliphatic rings. The van der Waals surface area contributed by atoms with E-state index in [0.29, 0.717) is 0 Å². The van der Waals surface area contributed by atoms with Gasteiger partial charge in [0.2, 0.25) is 0 Å². The van der Waals surface area contributed by atoms with E-state index in [4.69, 9.17) is 4.18 Å². The van der Waals surface area contributed by atoms with Crippen molar-refractivity contribution < 1.29 is 8.98 Å². The highest BCUT2D eigenvalue weighted by molar-refractivity contribution is 7.95. The van der Waals surface area contributed by atoms with Gasteiger partial charge in [-0.05, 0) is 31.5 Å². The highest BCUT2D eigenvalue weighted by atomic mass is 32.2. The Kier molecular flexibility index (Phi) is 3.64. The fourth-order valence-electron chi connectivity index (χ4n) is 1.51. The summed E-state index contributed by atoms with van der Waals surface area (Å²) in [6.45, 7) is 0.912. The minimum atomic E-state index is -0.165. The molecule has 0 radical (unpaired) electrons. The van der Waals surface area contributed by atoms with E-state index >= 15 is 0 Å². The quantitative estimate of drug-likeness (QED) is 0.795. The molecule has 1 aromatic rings. The van der Waals surface area contributed by atoms with Gasteiger partial charge < -0.3 is 9.50 Å². The monoisotopic (exact) mass is 223 g/mol. The standard InChI is InChI=1S/C11H13NO2S/c13-11(10-7-4-8-12-10)14-15-9-5-2-1-3-6-9/h1-3,5-6,10,12H,4,7-8H2/t10-/m0/s1. The van der Waals surface area contributed by atoms with E-state index < -0.39 is 0 Å². The molecule has 80 valence electrons. The smallest absolute Gasteiger partial charge is 0.335 e. The Balaban J connectivity index is 1.80. The van der Waals surface area contributed by atoms with Crippen molar-refractivity contribution in [1.82, 2.24) is 5.32 Å². The Morgan fingerprint density at radius 2 is 2.20 bits per heavy atom. The summed E-state index contributed by atoms with van der Waals surface area (Å²) in [7, 11) is 0. The molecule has 2 rings (SSSR count). The summed E-state index contributed by atoms with van der Waals surface area (Å²) in [5.41, 5.74) is 0. The van der Waals surface area contributed by atoms with Crippen LogP contribution in [0.2, 0.25) is 0 Å². The zero-order valence-corrected chi connectivity index (χ0v) is 9.13. The first-order chi connectivity index (χ1) is 7.36. The van der Waals surface area contributed by atoms with Gasteiger partial charge in [-0.2, -0.15) is 0 Å². The molecule has 15 heavy (non-hydrogen) atoms. The van der Waals surface area contributed by atoms with Gasteiger partial charge in [-0.1, -0.05) is 18.2 Å². The highest BCUT2D eigenvalue weighted by Crippen LogP contribution is 2.20. The summed E-state index contributed by atoms with van der Waals surface area (Å²) >= 11 is 1.13. The minimum absolute atomic E-state index is 0.110. The van der Waals surface area contributed by atoms with Crippen LogP contribution in [0.4, 0.5) is 0 Å². The van der Waals surface area contributed by atoms with Crippen LogP contribution in [-0.2, 0) is 8.98 Å². The molecule has 4 heteroatoms. The van der Waals surface area contributed by atoms with E-state index in [9.17, 15) is 4.79 Å². The Bertz CT molecular complexity index is 323. The number of hydrogen-bond acceptors (Lipinski definition) is 4. The fraction of sp³-hybridized carbons (Fsp3) is 0.364. The number of carbonyl (C=O) groups is 1. The number of rotatable bonds is 3. The minimum Gasteiger partial charge on any atom is -0.385 e. The summed E-state index contributed by atoms with van der Waals surface area (Å²) in [5, 5.41) is 3.10. The average Bonchev–Trinajstić information content (AvgIpc) is 2.81. The van der Waals surface area contributed by atoms with Crippen molar-refractivity contribution in [1.29, 1.82) is 0 Å². The summed E-state index contributed by atoms with van der Waals surface area (Å²) < 4.78 is 5.13. The fourth-order valence-corrected chi connectivity index (χ4v) is 2.07. The lowest BCUT2D eigenvalue weighted by Crippen LogP contribution is -2.31. The van der Waals surface area contributed by atoms with Crippen molar-refractivity contribution in [3.05, 3.63) is 30.3 Å². The first kappa shape index (κ1) is 10.5. The molecule has 1 fully saturated rings. The van der Waals surface area contributed by atoms with Crippen LogP contribution in [0.5, 0.6) is 0 Å². The van der Waals surface area contributed by atoms with Gasteiger partial charge >= 0.3 is 5.97 Å². The first-order valence-electron chi connectivity index (χ1n) is 5.03. The molecular weight excluding hydrogens is 210 g/mol. The SMILES string of the molecule is O=C(OSc1ccccc1)[C@@H]1CCCN1. The van der Waals surface area contributed by atoms with E-state index in [0.717, 1.165) is 36.3 Å². The Labute approximate surface area is 93.4 Å². The van der Waals surface area contributed by atoms with Gasteiger partial charge in [-0.3, -0.25) is 0 Å². The molecule has 3 nitrogen and oxygen atoms in total. The number of nitrogens with one attached hydrogen (secondary N) is 1. The maximum absolute atomic E-state index is 11.5. The van der Waals surface area contributed by atoms with Crippen LogP contribution in [0.25, 0.3) is 0 Å². The van der Waals surface area contributed by atoms with Crippen molar-refractivity contribution in [3.8, 4) is 0 Å². The zero-order chi connectivity index (χ0) is 10.5. The largest absolute Gasteiger partial charge is 0.385 e. The molecule has 0 bridgehead atoms. The van der Waals surface area contributed by atoms with Gasteiger partial charge in [0, 0.05) is 4.90 Å². The third-order valence-electron chi connectivity index (χ3n) is 2.31. The van der Waals surface area contributed by atoms with Gasteiger partial charge in [0.05, 0.1) is 12.0 Å². The van der Waals surface area contributed by atoms with Crippen molar-refractivity contribution >= 4 is 18.0 Å². The molecule has 0 amide bonds. The van der Waals surface area contributed by atoms with Crippen LogP contribution in [0, 0.1) is 0 Å². The lowest BCUT2D eigenvalue weighted by molar-refractivity contribution is -0.134. The van der Waals surface area contributed by atoms with Crippen molar-refractivity contribution in [2.75, 3.05) is 6.54 Å². The van der Waals surface area contributed by atoms with E-state index in [2.05, 4.69) is 5.32 Å². The van der Waals surface area contributed by atoms with Crippen LogP contribution < -0.4 is 5.32 Å². The zero-order valence-electron chi connectivity index (χ0n) is 8.31. The van der Waals surface area contributed by atoms with Crippen LogP contribution in [0.15, 0.2) is 35.2 Å². The maximum atomic E-state index is 11.5. The normalized spacial score (nSPS) is 20.1. The molecule has 0 aromatic heterocycles. The summed E-state index contributed by atoms with van der Waals surface area (Å²) in [6.07, 6.45) is 1.93. The van der Waals surface area contributed by atoms with Crippen LogP contribution in [0.1, 0.15) is 12.8 Å². The summed E-state index contributed by atoms with van der Waals surface area (Å²) in [4.78, 5) is 12.5. The lowest BCUT2D eigenvalue weighted by atomic mass is 10.2. The Morgan fingerprint density at radius 3 is 2.87 bits per heavy atom. The molecule has 1 aliphatic heterocycles. The Hall–Kier alpha value is -1.00. The molecule has 1 saturated heterocycles. The summed E-state index contributed by atoms with van der Waals surface area (Å²) in [6, 6.07) is 9.50. The average molecular weight is 223 g/mol. The molecule has 1 N–H and O–H groups in total. The van der Waals surface area contributed by atoms with Gasteiger partial charge in [0.15, 0.2) is 0 Å². The maximum Gasteiger partial charge on any atom is 0.335 e. The van der Waals surface area contributed by atoms with Crippen molar-refractivity contribution in [3.63, 3.8) is 0 Å². The van der Waals surface area contributed by atoms with Gasteiger partial charge in [0.25, 0.3) is 0 Å². The molecule has 0 saturated carbocycles. The van der Waals surface area contributed by atoms with E-state index in [1.54, 1.807) is 0 Å². The molecule has 1 atom stereocenters. The molecule has 0 unspecified atom stereocenters. The second-order valence-corrected chi connectivity index (χ2v) is 4.25. The van der Waals surface area contributed by atoms with Crippen LogP contribution >= 0.6 is 12.0 Å². The van der Waals surface area contributed by atoms with E-state index in [1.165, 1.54) is 0 Å². The first-order valence-corrected chi connectivity index (χ1v) is 5.77. The predicted molar refractivity (Wildman–Crippen MR) is 59.4 cm³/mol. The van der Waals surface area contributed by atoms with Crippen LogP contribution in [0.3, 0.4) is 0 Å². The second kappa shape index (κ2) is 5.19. The Morgan fingerprint density at radius 1 is 1.40 bits per heavy atom.